The van der Waals surface area contributed by atoms with Crippen LogP contribution in [0.5, 0.6) is 0 Å². The third kappa shape index (κ3) is 3.22. The van der Waals surface area contributed by atoms with E-state index in [0.717, 1.165) is 43.6 Å². The standard InChI is InChI=1S/C15H23FN2/c1-12(17)11-13-7-6-8-14(16)15(13)18-9-4-2-3-5-10-18/h6-8,12H,2-5,9-11,17H2,1H3. The van der Waals surface area contributed by atoms with Crippen LogP contribution in [0.3, 0.4) is 0 Å². The zero-order chi connectivity index (χ0) is 13.0. The molecule has 2 nitrogen and oxygen atoms in total. The van der Waals surface area contributed by atoms with Crippen LogP contribution in [0.1, 0.15) is 38.2 Å². The monoisotopic (exact) mass is 250 g/mol. The highest BCUT2D eigenvalue weighted by atomic mass is 19.1. The molecule has 1 atom stereocenters. The Morgan fingerprint density at radius 1 is 1.22 bits per heavy atom. The van der Waals surface area contributed by atoms with Gasteiger partial charge < -0.3 is 10.6 Å². The molecule has 0 bridgehead atoms. The first kappa shape index (κ1) is 13.3. The van der Waals surface area contributed by atoms with Crippen LogP contribution in [0.2, 0.25) is 0 Å². The normalized spacial score (nSPS) is 18.5. The number of hydrogen-bond acceptors (Lipinski definition) is 2. The summed E-state index contributed by atoms with van der Waals surface area (Å²) < 4.78 is 14.1. The van der Waals surface area contributed by atoms with Crippen LogP contribution in [0.4, 0.5) is 10.1 Å². The minimum absolute atomic E-state index is 0.0672. The van der Waals surface area contributed by atoms with Crippen molar-refractivity contribution in [2.45, 2.75) is 45.1 Å². The molecule has 0 aliphatic carbocycles. The van der Waals surface area contributed by atoms with Crippen LogP contribution in [-0.2, 0) is 6.42 Å². The summed E-state index contributed by atoms with van der Waals surface area (Å²) in [5.41, 5.74) is 7.70. The predicted molar refractivity (Wildman–Crippen MR) is 74.4 cm³/mol. The minimum Gasteiger partial charge on any atom is -0.369 e. The molecule has 0 spiro atoms. The highest BCUT2D eigenvalue weighted by Gasteiger charge is 2.17. The molecular weight excluding hydrogens is 227 g/mol. The van der Waals surface area contributed by atoms with E-state index >= 15 is 0 Å². The average Bonchev–Trinajstić information content (AvgIpc) is 2.57. The van der Waals surface area contributed by atoms with Gasteiger partial charge in [-0.1, -0.05) is 25.0 Å². The number of halogens is 1. The van der Waals surface area contributed by atoms with Gasteiger partial charge in [-0.15, -0.1) is 0 Å². The molecular formula is C15H23FN2. The van der Waals surface area contributed by atoms with Gasteiger partial charge in [-0.25, -0.2) is 4.39 Å². The number of rotatable bonds is 3. The minimum atomic E-state index is -0.102. The van der Waals surface area contributed by atoms with Crippen molar-refractivity contribution < 1.29 is 4.39 Å². The second-order valence-electron chi connectivity index (χ2n) is 5.33. The summed E-state index contributed by atoms with van der Waals surface area (Å²) in [6.07, 6.45) is 5.57. The van der Waals surface area contributed by atoms with Gasteiger partial charge in [-0.2, -0.15) is 0 Å². The van der Waals surface area contributed by atoms with Crippen LogP contribution >= 0.6 is 0 Å². The van der Waals surface area contributed by atoms with E-state index in [0.29, 0.717) is 0 Å². The Hall–Kier alpha value is -1.09. The maximum absolute atomic E-state index is 14.1. The van der Waals surface area contributed by atoms with Crippen molar-refractivity contribution in [2.75, 3.05) is 18.0 Å². The van der Waals surface area contributed by atoms with Crippen molar-refractivity contribution in [3.63, 3.8) is 0 Å². The van der Waals surface area contributed by atoms with E-state index in [4.69, 9.17) is 5.73 Å². The Morgan fingerprint density at radius 2 is 1.89 bits per heavy atom. The molecule has 2 N–H and O–H groups in total. The average molecular weight is 250 g/mol. The molecule has 1 fully saturated rings. The zero-order valence-corrected chi connectivity index (χ0v) is 11.2. The van der Waals surface area contributed by atoms with Crippen LogP contribution in [-0.4, -0.2) is 19.1 Å². The van der Waals surface area contributed by atoms with E-state index in [1.165, 1.54) is 12.8 Å². The highest BCUT2D eigenvalue weighted by Crippen LogP contribution is 2.27. The molecule has 1 aromatic carbocycles. The molecule has 0 saturated carbocycles. The third-order valence-corrected chi connectivity index (χ3v) is 3.53. The lowest BCUT2D eigenvalue weighted by molar-refractivity contribution is 0.610. The van der Waals surface area contributed by atoms with E-state index in [2.05, 4.69) is 4.90 Å². The Labute approximate surface area is 109 Å². The molecule has 1 aliphatic heterocycles. The molecule has 1 aromatic rings. The largest absolute Gasteiger partial charge is 0.369 e. The summed E-state index contributed by atoms with van der Waals surface area (Å²) in [4.78, 5) is 2.21. The van der Waals surface area contributed by atoms with E-state index < -0.39 is 0 Å². The molecule has 18 heavy (non-hydrogen) atoms. The Morgan fingerprint density at radius 3 is 2.50 bits per heavy atom. The quantitative estimate of drug-likeness (QED) is 0.893. The Balaban J connectivity index is 2.28. The van der Waals surface area contributed by atoms with Gasteiger partial charge >= 0.3 is 0 Å². The van der Waals surface area contributed by atoms with Gasteiger partial charge in [0.2, 0.25) is 0 Å². The Bertz CT molecular complexity index is 382. The SMILES string of the molecule is CC(N)Cc1cccc(F)c1N1CCCCCC1. The number of anilines is 1. The van der Waals surface area contributed by atoms with Crippen molar-refractivity contribution >= 4 is 5.69 Å². The number of nitrogens with two attached hydrogens (primary N) is 1. The van der Waals surface area contributed by atoms with Crippen LogP contribution < -0.4 is 10.6 Å². The van der Waals surface area contributed by atoms with Crippen molar-refractivity contribution in [2.24, 2.45) is 5.73 Å². The van der Waals surface area contributed by atoms with Gasteiger partial charge in [0.05, 0.1) is 5.69 Å². The van der Waals surface area contributed by atoms with Crippen molar-refractivity contribution in [1.82, 2.24) is 0 Å². The van der Waals surface area contributed by atoms with E-state index in [1.54, 1.807) is 12.1 Å². The number of nitrogens with zero attached hydrogens (tertiary/aromatic N) is 1. The van der Waals surface area contributed by atoms with Crippen molar-refractivity contribution in [1.29, 1.82) is 0 Å². The molecule has 1 saturated heterocycles. The molecule has 0 amide bonds. The maximum atomic E-state index is 14.1. The fraction of sp³-hybridized carbons (Fsp3) is 0.600. The first-order chi connectivity index (χ1) is 8.68. The van der Waals surface area contributed by atoms with E-state index in [-0.39, 0.29) is 11.9 Å². The lowest BCUT2D eigenvalue weighted by Gasteiger charge is -2.26. The third-order valence-electron chi connectivity index (χ3n) is 3.53. The van der Waals surface area contributed by atoms with E-state index in [1.807, 2.05) is 13.0 Å². The second-order valence-corrected chi connectivity index (χ2v) is 5.33. The van der Waals surface area contributed by atoms with Gasteiger partial charge in [0.15, 0.2) is 0 Å². The fourth-order valence-electron chi connectivity index (χ4n) is 2.72. The molecule has 2 rings (SSSR count). The smallest absolute Gasteiger partial charge is 0.146 e. The summed E-state index contributed by atoms with van der Waals surface area (Å²) in [7, 11) is 0. The first-order valence-corrected chi connectivity index (χ1v) is 6.96. The number of hydrogen-bond donors (Lipinski definition) is 1. The molecule has 1 heterocycles. The summed E-state index contributed by atoms with van der Waals surface area (Å²) in [5.74, 6) is -0.102. The molecule has 0 radical (unpaired) electrons. The van der Waals surface area contributed by atoms with Crippen molar-refractivity contribution in [3.8, 4) is 0 Å². The molecule has 100 valence electrons. The highest BCUT2D eigenvalue weighted by molar-refractivity contribution is 5.55. The molecule has 3 heteroatoms. The van der Waals surface area contributed by atoms with Crippen LogP contribution in [0, 0.1) is 5.82 Å². The zero-order valence-electron chi connectivity index (χ0n) is 11.2. The summed E-state index contributed by atoms with van der Waals surface area (Å²) >= 11 is 0. The van der Waals surface area contributed by atoms with E-state index in [9.17, 15) is 4.39 Å². The maximum Gasteiger partial charge on any atom is 0.146 e. The van der Waals surface area contributed by atoms with Crippen LogP contribution in [0.15, 0.2) is 18.2 Å². The van der Waals surface area contributed by atoms with Gasteiger partial charge in [0.25, 0.3) is 0 Å². The Kier molecular flexibility index (Phi) is 4.59. The first-order valence-electron chi connectivity index (χ1n) is 6.96. The van der Waals surface area contributed by atoms with Crippen LogP contribution in [0.25, 0.3) is 0 Å². The number of para-hydroxylation sites is 1. The van der Waals surface area contributed by atoms with Gasteiger partial charge in [-0.3, -0.25) is 0 Å². The summed E-state index contributed by atoms with van der Waals surface area (Å²) in [5, 5.41) is 0. The lowest BCUT2D eigenvalue weighted by atomic mass is 10.0. The molecule has 1 unspecified atom stereocenters. The van der Waals surface area contributed by atoms with Gasteiger partial charge in [0.1, 0.15) is 5.82 Å². The predicted octanol–water partition coefficient (Wildman–Crippen LogP) is 3.10. The topological polar surface area (TPSA) is 29.3 Å². The fourth-order valence-corrected chi connectivity index (χ4v) is 2.72. The molecule has 1 aliphatic rings. The summed E-state index contributed by atoms with van der Waals surface area (Å²) in [6.45, 7) is 3.90. The number of benzene rings is 1. The summed E-state index contributed by atoms with van der Waals surface area (Å²) in [6, 6.07) is 5.42. The van der Waals surface area contributed by atoms with Gasteiger partial charge in [0, 0.05) is 19.1 Å². The second kappa shape index (κ2) is 6.19. The molecule has 0 aromatic heterocycles. The van der Waals surface area contributed by atoms with Gasteiger partial charge in [-0.05, 0) is 37.8 Å². The van der Waals surface area contributed by atoms with Crippen molar-refractivity contribution in [3.05, 3.63) is 29.6 Å². The lowest BCUT2D eigenvalue weighted by Crippen LogP contribution is -2.28.